The van der Waals surface area contributed by atoms with Crippen molar-refractivity contribution in [1.82, 2.24) is 20.2 Å². The van der Waals surface area contributed by atoms with Crippen LogP contribution >= 0.6 is 0 Å². The maximum atomic E-state index is 12.7. The molecule has 0 N–H and O–H groups in total. The first-order valence-electron chi connectivity index (χ1n) is 8.57. The molecule has 136 valence electrons. The summed E-state index contributed by atoms with van der Waals surface area (Å²) in [5.41, 5.74) is 3.08. The zero-order chi connectivity index (χ0) is 18.8. The second-order valence-corrected chi connectivity index (χ2v) is 6.22. The first-order chi connectivity index (χ1) is 13.1. The van der Waals surface area contributed by atoms with Crippen LogP contribution in [0.15, 0.2) is 54.9 Å². The summed E-state index contributed by atoms with van der Waals surface area (Å²) in [6, 6.07) is 14.4. The second-order valence-electron chi connectivity index (χ2n) is 6.22. The number of benzene rings is 2. The number of carbonyl (C=O) groups is 2. The second kappa shape index (κ2) is 6.99. The van der Waals surface area contributed by atoms with Crippen LogP contribution in [-0.2, 0) is 16.0 Å². The van der Waals surface area contributed by atoms with E-state index in [2.05, 4.69) is 15.5 Å². The normalized spacial score (nSPS) is 13.9. The molecule has 3 aromatic rings. The molecule has 1 aliphatic rings. The number of ether oxygens (including phenoxy) is 1. The molecule has 0 radical (unpaired) electrons. The molecule has 0 fully saturated rings. The van der Waals surface area contributed by atoms with Gasteiger partial charge in [0.2, 0.25) is 0 Å². The Morgan fingerprint density at radius 2 is 1.89 bits per heavy atom. The number of anilines is 1. The summed E-state index contributed by atoms with van der Waals surface area (Å²) >= 11 is 0. The molecule has 0 saturated heterocycles. The van der Waals surface area contributed by atoms with Crippen molar-refractivity contribution in [2.45, 2.75) is 19.4 Å². The van der Waals surface area contributed by atoms with Gasteiger partial charge in [0.05, 0.1) is 11.3 Å². The summed E-state index contributed by atoms with van der Waals surface area (Å²) in [7, 11) is 0. The lowest BCUT2D eigenvalue weighted by Gasteiger charge is -2.21. The summed E-state index contributed by atoms with van der Waals surface area (Å²) in [6.07, 6.45) is 1.39. The molecule has 1 atom stereocenters. The summed E-state index contributed by atoms with van der Waals surface area (Å²) in [6.45, 7) is 2.19. The number of esters is 1. The Kier molecular flexibility index (Phi) is 4.37. The number of aromatic nitrogens is 4. The number of nitrogens with zero attached hydrogens (tertiary/aromatic N) is 5. The standard InChI is InChI=1S/C19H17N5O3/c1-13(18(25)23-11-10-14-4-2-3-5-17(14)23)27-19(26)15-6-8-16(9-7-15)24-12-20-21-22-24/h2-9,12-13H,10-11H2,1H3. The fraction of sp³-hybridized carbons (Fsp3) is 0.211. The zero-order valence-corrected chi connectivity index (χ0v) is 14.6. The molecule has 1 unspecified atom stereocenters. The van der Waals surface area contributed by atoms with E-state index < -0.39 is 12.1 Å². The zero-order valence-electron chi connectivity index (χ0n) is 14.6. The third-order valence-electron chi connectivity index (χ3n) is 4.50. The summed E-state index contributed by atoms with van der Waals surface area (Å²) in [5.74, 6) is -0.773. The third kappa shape index (κ3) is 3.29. The van der Waals surface area contributed by atoms with E-state index in [0.29, 0.717) is 17.8 Å². The minimum atomic E-state index is -0.872. The SMILES string of the molecule is CC(OC(=O)c1ccc(-n2cnnn2)cc1)C(=O)N1CCc2ccccc21. The molecule has 0 spiro atoms. The van der Waals surface area contributed by atoms with Gasteiger partial charge in [0, 0.05) is 12.2 Å². The molecule has 1 aromatic heterocycles. The Labute approximate surface area is 155 Å². The fourth-order valence-corrected chi connectivity index (χ4v) is 3.10. The van der Waals surface area contributed by atoms with Crippen LogP contribution in [0.5, 0.6) is 0 Å². The van der Waals surface area contributed by atoms with Gasteiger partial charge in [-0.25, -0.2) is 9.48 Å². The van der Waals surface area contributed by atoms with Crippen LogP contribution in [0.25, 0.3) is 5.69 Å². The molecule has 27 heavy (non-hydrogen) atoms. The molecule has 2 aromatic carbocycles. The molecule has 0 saturated carbocycles. The van der Waals surface area contributed by atoms with E-state index in [1.807, 2.05) is 24.3 Å². The Morgan fingerprint density at radius 3 is 2.63 bits per heavy atom. The van der Waals surface area contributed by atoms with Crippen molar-refractivity contribution in [3.05, 3.63) is 66.0 Å². The van der Waals surface area contributed by atoms with E-state index in [9.17, 15) is 9.59 Å². The van der Waals surface area contributed by atoms with Gasteiger partial charge < -0.3 is 9.64 Å². The topological polar surface area (TPSA) is 90.2 Å². The van der Waals surface area contributed by atoms with Crippen molar-refractivity contribution < 1.29 is 14.3 Å². The predicted octanol–water partition coefficient (Wildman–Crippen LogP) is 1.80. The van der Waals surface area contributed by atoms with Crippen molar-refractivity contribution in [3.63, 3.8) is 0 Å². The minimum absolute atomic E-state index is 0.224. The number of hydrogen-bond donors (Lipinski definition) is 0. The molecular formula is C19H17N5O3. The van der Waals surface area contributed by atoms with Crippen molar-refractivity contribution in [3.8, 4) is 5.69 Å². The summed E-state index contributed by atoms with van der Waals surface area (Å²) in [5, 5.41) is 10.9. The van der Waals surface area contributed by atoms with E-state index in [-0.39, 0.29) is 5.91 Å². The average molecular weight is 363 g/mol. The van der Waals surface area contributed by atoms with Gasteiger partial charge in [0.15, 0.2) is 6.10 Å². The number of amides is 1. The van der Waals surface area contributed by atoms with Crippen LogP contribution in [0.2, 0.25) is 0 Å². The van der Waals surface area contributed by atoms with E-state index in [1.165, 1.54) is 11.0 Å². The van der Waals surface area contributed by atoms with E-state index in [4.69, 9.17) is 4.74 Å². The van der Waals surface area contributed by atoms with E-state index in [1.54, 1.807) is 36.1 Å². The summed E-state index contributed by atoms with van der Waals surface area (Å²) in [4.78, 5) is 26.8. The molecule has 1 aliphatic heterocycles. The fourth-order valence-electron chi connectivity index (χ4n) is 3.10. The molecule has 8 nitrogen and oxygen atoms in total. The van der Waals surface area contributed by atoms with E-state index in [0.717, 1.165) is 17.7 Å². The van der Waals surface area contributed by atoms with Gasteiger partial charge >= 0.3 is 5.97 Å². The van der Waals surface area contributed by atoms with Crippen molar-refractivity contribution >= 4 is 17.6 Å². The Balaban J connectivity index is 1.43. The Hall–Kier alpha value is -3.55. The van der Waals surface area contributed by atoms with Crippen molar-refractivity contribution in [2.75, 3.05) is 11.4 Å². The maximum absolute atomic E-state index is 12.7. The number of fused-ring (bicyclic) bond motifs is 1. The van der Waals surface area contributed by atoms with Crippen LogP contribution in [0.4, 0.5) is 5.69 Å². The molecular weight excluding hydrogens is 346 g/mol. The average Bonchev–Trinajstić information content (AvgIpc) is 3.37. The summed E-state index contributed by atoms with van der Waals surface area (Å²) < 4.78 is 6.86. The molecule has 4 rings (SSSR count). The molecule has 8 heteroatoms. The quantitative estimate of drug-likeness (QED) is 0.657. The third-order valence-corrected chi connectivity index (χ3v) is 4.50. The van der Waals surface area contributed by atoms with Gasteiger partial charge in [-0.1, -0.05) is 18.2 Å². The number of hydrogen-bond acceptors (Lipinski definition) is 6. The van der Waals surface area contributed by atoms with Crippen LogP contribution < -0.4 is 4.90 Å². The molecule has 0 bridgehead atoms. The molecule has 2 heterocycles. The van der Waals surface area contributed by atoms with Gasteiger partial charge in [-0.15, -0.1) is 5.10 Å². The first kappa shape index (κ1) is 16.9. The van der Waals surface area contributed by atoms with Crippen molar-refractivity contribution in [2.24, 2.45) is 0 Å². The van der Waals surface area contributed by atoms with Gasteiger partial charge in [-0.2, -0.15) is 0 Å². The van der Waals surface area contributed by atoms with Crippen LogP contribution in [0.1, 0.15) is 22.8 Å². The highest BCUT2D eigenvalue weighted by Gasteiger charge is 2.29. The van der Waals surface area contributed by atoms with Crippen LogP contribution in [0.3, 0.4) is 0 Å². The van der Waals surface area contributed by atoms with E-state index >= 15 is 0 Å². The van der Waals surface area contributed by atoms with Gasteiger partial charge in [0.1, 0.15) is 6.33 Å². The highest BCUT2D eigenvalue weighted by Crippen LogP contribution is 2.28. The van der Waals surface area contributed by atoms with Gasteiger partial charge in [0.25, 0.3) is 5.91 Å². The molecule has 1 amide bonds. The highest BCUT2D eigenvalue weighted by molar-refractivity contribution is 6.00. The largest absolute Gasteiger partial charge is 0.449 e. The number of tetrazole rings is 1. The molecule has 0 aliphatic carbocycles. The Bertz CT molecular complexity index is 969. The monoisotopic (exact) mass is 363 g/mol. The van der Waals surface area contributed by atoms with Crippen molar-refractivity contribution in [1.29, 1.82) is 0 Å². The first-order valence-corrected chi connectivity index (χ1v) is 8.57. The lowest BCUT2D eigenvalue weighted by Crippen LogP contribution is -2.39. The highest BCUT2D eigenvalue weighted by atomic mass is 16.5. The van der Waals surface area contributed by atoms with Crippen LogP contribution in [-0.4, -0.2) is 44.7 Å². The number of carbonyl (C=O) groups excluding carboxylic acids is 2. The lowest BCUT2D eigenvalue weighted by atomic mass is 10.2. The lowest BCUT2D eigenvalue weighted by molar-refractivity contribution is -0.126. The van der Waals surface area contributed by atoms with Gasteiger partial charge in [-0.05, 0) is 59.7 Å². The minimum Gasteiger partial charge on any atom is -0.449 e. The number of rotatable bonds is 4. The maximum Gasteiger partial charge on any atom is 0.338 e. The van der Waals surface area contributed by atoms with Gasteiger partial charge in [-0.3, -0.25) is 4.79 Å². The predicted molar refractivity (Wildman–Crippen MR) is 96.5 cm³/mol. The Morgan fingerprint density at radius 1 is 1.11 bits per heavy atom. The number of para-hydroxylation sites is 1. The van der Waals surface area contributed by atoms with Crippen LogP contribution in [0, 0.1) is 0 Å². The smallest absolute Gasteiger partial charge is 0.338 e.